The van der Waals surface area contributed by atoms with Gasteiger partial charge in [-0.2, -0.15) is 0 Å². The summed E-state index contributed by atoms with van der Waals surface area (Å²) in [5, 5.41) is 15.7. The van der Waals surface area contributed by atoms with E-state index < -0.39 is 41.8 Å². The zero-order valence-electron chi connectivity index (χ0n) is 24.7. The number of benzene rings is 1. The first-order chi connectivity index (χ1) is 16.9. The maximum absolute atomic E-state index is 14.0. The fraction of sp³-hybridized carbons (Fsp3) is 0.690. The van der Waals surface area contributed by atoms with Gasteiger partial charge in [-0.3, -0.25) is 9.59 Å². The zero-order valence-corrected chi connectivity index (χ0v) is 24.7. The Balaban J connectivity index is 3.63. The molecule has 1 aromatic rings. The molecule has 8 nitrogen and oxygen atoms in total. The average Bonchev–Trinajstić information content (AvgIpc) is 2.71. The van der Waals surface area contributed by atoms with Crippen LogP contribution in [0.1, 0.15) is 97.9 Å². The van der Waals surface area contributed by atoms with Crippen LogP contribution in [0.4, 0.5) is 4.79 Å². The number of aryl methyl sites for hydroxylation is 2. The molecule has 0 aliphatic rings. The van der Waals surface area contributed by atoms with Gasteiger partial charge >= 0.3 is 6.09 Å². The molecule has 1 rings (SSSR count). The van der Waals surface area contributed by atoms with Crippen LogP contribution in [0.2, 0.25) is 0 Å². The van der Waals surface area contributed by atoms with Crippen LogP contribution < -0.4 is 10.6 Å². The fourth-order valence-corrected chi connectivity index (χ4v) is 4.12. The minimum atomic E-state index is -1.27. The SMILES string of the molecule is Cc1ccc(C(C(=O)NC(C)(C)C)N(C(=O)C(CO)NC(=O)OC(C)(C)C)C(C)CCC(C)C)c(C)c1. The predicted octanol–water partition coefficient (Wildman–Crippen LogP) is 4.80. The molecule has 0 aliphatic carbocycles. The summed E-state index contributed by atoms with van der Waals surface area (Å²) in [6, 6.07) is 3.21. The maximum atomic E-state index is 14.0. The van der Waals surface area contributed by atoms with E-state index in [0.717, 1.165) is 17.5 Å². The second-order valence-corrected chi connectivity index (χ2v) is 12.4. The average molecular weight is 520 g/mol. The molecule has 3 unspecified atom stereocenters. The number of nitrogens with zero attached hydrogens (tertiary/aromatic N) is 1. The molecular weight excluding hydrogens is 470 g/mol. The molecule has 0 spiro atoms. The first-order valence-corrected chi connectivity index (χ1v) is 13.2. The van der Waals surface area contributed by atoms with Crippen LogP contribution in [0, 0.1) is 19.8 Å². The standard InChI is InChI=1S/C29H49N3O5/c1-18(2)12-14-21(5)32(26(35)23(17-33)30-27(36)37-29(9,10)11)24(25(34)31-28(6,7)8)22-15-13-19(3)16-20(22)4/h13,15-16,18,21,23-24,33H,12,14,17H2,1-11H3,(H,30,36)(H,31,34). The van der Waals surface area contributed by atoms with Crippen molar-refractivity contribution >= 4 is 17.9 Å². The van der Waals surface area contributed by atoms with Crippen LogP contribution in [0.3, 0.4) is 0 Å². The van der Waals surface area contributed by atoms with Gasteiger partial charge in [0.25, 0.3) is 0 Å². The van der Waals surface area contributed by atoms with Crippen molar-refractivity contribution in [1.82, 2.24) is 15.5 Å². The lowest BCUT2D eigenvalue weighted by atomic mass is 9.93. The summed E-state index contributed by atoms with van der Waals surface area (Å²) in [7, 11) is 0. The highest BCUT2D eigenvalue weighted by Gasteiger charge is 2.40. The highest BCUT2D eigenvalue weighted by molar-refractivity contribution is 5.93. The van der Waals surface area contributed by atoms with Crippen LogP contribution in [0.25, 0.3) is 0 Å². The number of ether oxygens (including phenoxy) is 1. The summed E-state index contributed by atoms with van der Waals surface area (Å²) in [6.45, 7) is 20.2. The highest BCUT2D eigenvalue weighted by Crippen LogP contribution is 2.30. The molecule has 8 heteroatoms. The largest absolute Gasteiger partial charge is 0.444 e. The van der Waals surface area contributed by atoms with Gasteiger partial charge in [0.1, 0.15) is 17.7 Å². The predicted molar refractivity (Wildman–Crippen MR) is 147 cm³/mol. The summed E-state index contributed by atoms with van der Waals surface area (Å²) in [5.41, 5.74) is 1.32. The van der Waals surface area contributed by atoms with Crippen molar-refractivity contribution in [1.29, 1.82) is 0 Å². The quantitative estimate of drug-likeness (QED) is 0.412. The lowest BCUT2D eigenvalue weighted by Gasteiger charge is -2.40. The van der Waals surface area contributed by atoms with E-state index in [1.807, 2.05) is 59.7 Å². The van der Waals surface area contributed by atoms with Gasteiger partial charge in [-0.25, -0.2) is 4.79 Å². The number of rotatable bonds is 10. The van der Waals surface area contributed by atoms with E-state index in [9.17, 15) is 19.5 Å². The Morgan fingerprint density at radius 1 is 1.00 bits per heavy atom. The Labute approximate surface area is 223 Å². The fourth-order valence-electron chi connectivity index (χ4n) is 4.12. The van der Waals surface area contributed by atoms with Gasteiger partial charge in [-0.1, -0.05) is 37.6 Å². The Morgan fingerprint density at radius 3 is 2.05 bits per heavy atom. The molecule has 3 N–H and O–H groups in total. The molecule has 0 bridgehead atoms. The number of hydrogen-bond acceptors (Lipinski definition) is 5. The van der Waals surface area contributed by atoms with Gasteiger partial charge in [-0.15, -0.1) is 0 Å². The minimum Gasteiger partial charge on any atom is -0.444 e. The van der Waals surface area contributed by atoms with Crippen LogP contribution in [-0.4, -0.2) is 57.7 Å². The number of hydrogen-bond donors (Lipinski definition) is 3. The zero-order chi connectivity index (χ0) is 28.7. The van der Waals surface area contributed by atoms with Crippen molar-refractivity contribution < 1.29 is 24.2 Å². The van der Waals surface area contributed by atoms with Crippen LogP contribution in [0.15, 0.2) is 18.2 Å². The van der Waals surface area contributed by atoms with E-state index in [-0.39, 0.29) is 11.9 Å². The lowest BCUT2D eigenvalue weighted by Crippen LogP contribution is -2.58. The number of aliphatic hydroxyl groups is 1. The molecular formula is C29H49N3O5. The van der Waals surface area contributed by atoms with Gasteiger partial charge in [-0.05, 0) is 92.2 Å². The van der Waals surface area contributed by atoms with E-state index in [2.05, 4.69) is 24.5 Å². The molecule has 37 heavy (non-hydrogen) atoms. The summed E-state index contributed by atoms with van der Waals surface area (Å²) in [5.74, 6) is -0.465. The molecule has 3 atom stereocenters. The van der Waals surface area contributed by atoms with Crippen molar-refractivity contribution in [3.8, 4) is 0 Å². The number of aliphatic hydroxyl groups excluding tert-OH is 1. The molecule has 0 radical (unpaired) electrons. The molecule has 0 aliphatic heterocycles. The Morgan fingerprint density at radius 2 is 1.59 bits per heavy atom. The van der Waals surface area contributed by atoms with Crippen molar-refractivity contribution in [3.63, 3.8) is 0 Å². The number of nitrogens with one attached hydrogen (secondary N) is 2. The normalized spacial score (nSPS) is 14.5. The van der Waals surface area contributed by atoms with Crippen LogP contribution >= 0.6 is 0 Å². The summed E-state index contributed by atoms with van der Waals surface area (Å²) >= 11 is 0. The van der Waals surface area contributed by atoms with E-state index in [0.29, 0.717) is 17.9 Å². The number of amides is 3. The number of carbonyl (C=O) groups excluding carboxylic acids is 3. The summed E-state index contributed by atoms with van der Waals surface area (Å²) in [4.78, 5) is 41.9. The van der Waals surface area contributed by atoms with Gasteiger partial charge in [0, 0.05) is 11.6 Å². The summed E-state index contributed by atoms with van der Waals surface area (Å²) < 4.78 is 5.32. The van der Waals surface area contributed by atoms with Crippen molar-refractivity contribution in [2.24, 2.45) is 5.92 Å². The topological polar surface area (TPSA) is 108 Å². The molecule has 1 aromatic carbocycles. The Bertz CT molecular complexity index is 930. The molecule has 0 heterocycles. The van der Waals surface area contributed by atoms with E-state index in [4.69, 9.17) is 4.74 Å². The van der Waals surface area contributed by atoms with E-state index in [1.165, 1.54) is 4.90 Å². The van der Waals surface area contributed by atoms with Gasteiger partial charge in [0.2, 0.25) is 11.8 Å². The van der Waals surface area contributed by atoms with Crippen molar-refractivity contribution in [2.45, 2.75) is 118 Å². The first-order valence-electron chi connectivity index (χ1n) is 13.2. The Hall–Kier alpha value is -2.61. The lowest BCUT2D eigenvalue weighted by molar-refractivity contribution is -0.146. The third-order valence-corrected chi connectivity index (χ3v) is 5.81. The van der Waals surface area contributed by atoms with Crippen LogP contribution in [-0.2, 0) is 14.3 Å². The van der Waals surface area contributed by atoms with Crippen molar-refractivity contribution in [3.05, 3.63) is 34.9 Å². The number of alkyl carbamates (subject to hydrolysis) is 1. The van der Waals surface area contributed by atoms with E-state index >= 15 is 0 Å². The highest BCUT2D eigenvalue weighted by atomic mass is 16.6. The van der Waals surface area contributed by atoms with Gasteiger partial charge < -0.3 is 25.4 Å². The smallest absolute Gasteiger partial charge is 0.408 e. The minimum absolute atomic E-state index is 0.321. The molecule has 0 saturated heterocycles. The monoisotopic (exact) mass is 519 g/mol. The molecule has 3 amide bonds. The summed E-state index contributed by atoms with van der Waals surface area (Å²) in [6.07, 6.45) is 0.685. The maximum Gasteiger partial charge on any atom is 0.408 e. The van der Waals surface area contributed by atoms with Gasteiger partial charge in [0.15, 0.2) is 0 Å². The molecule has 210 valence electrons. The van der Waals surface area contributed by atoms with Crippen LogP contribution in [0.5, 0.6) is 0 Å². The molecule has 0 saturated carbocycles. The Kier molecular flexibility index (Phi) is 11.6. The molecule has 0 fully saturated rings. The number of carbonyl (C=O) groups is 3. The third-order valence-electron chi connectivity index (χ3n) is 5.81. The third kappa shape index (κ3) is 10.7. The van der Waals surface area contributed by atoms with E-state index in [1.54, 1.807) is 20.8 Å². The second kappa shape index (κ2) is 13.3. The molecule has 0 aromatic heterocycles. The first kappa shape index (κ1) is 32.4. The van der Waals surface area contributed by atoms with Gasteiger partial charge in [0.05, 0.1) is 6.61 Å². The van der Waals surface area contributed by atoms with Crippen molar-refractivity contribution in [2.75, 3.05) is 6.61 Å². The second-order valence-electron chi connectivity index (χ2n) is 12.4.